The molecule has 0 radical (unpaired) electrons. The first-order chi connectivity index (χ1) is 6.22. The number of hydrogen-bond donors (Lipinski definition) is 1. The van der Waals surface area contributed by atoms with Gasteiger partial charge in [0.2, 0.25) is 0 Å². The molecule has 0 aliphatic heterocycles. The highest BCUT2D eigenvalue weighted by molar-refractivity contribution is 4.94. The minimum atomic E-state index is 0.475. The largest absolute Gasteiger partial charge is 0.312 e. The fourth-order valence-electron chi connectivity index (χ4n) is 3.70. The summed E-state index contributed by atoms with van der Waals surface area (Å²) >= 11 is 0. The molecule has 0 spiro atoms. The van der Waals surface area contributed by atoms with Gasteiger partial charge in [0.15, 0.2) is 0 Å². The maximum absolute atomic E-state index is 3.69. The van der Waals surface area contributed by atoms with Crippen LogP contribution in [0.1, 0.15) is 52.4 Å². The zero-order valence-corrected chi connectivity index (χ0v) is 9.10. The monoisotopic (exact) mass is 181 g/mol. The van der Waals surface area contributed by atoms with Crippen LogP contribution in [0.4, 0.5) is 0 Å². The Morgan fingerprint density at radius 2 is 1.85 bits per heavy atom. The average molecular weight is 181 g/mol. The van der Waals surface area contributed by atoms with Gasteiger partial charge in [0.05, 0.1) is 0 Å². The number of rotatable bonds is 2. The quantitative estimate of drug-likeness (QED) is 0.690. The summed E-state index contributed by atoms with van der Waals surface area (Å²) in [4.78, 5) is 0. The Hall–Kier alpha value is -0.0400. The molecule has 2 unspecified atom stereocenters. The summed E-state index contributed by atoms with van der Waals surface area (Å²) in [6, 6.07) is 0. The molecule has 0 aromatic carbocycles. The van der Waals surface area contributed by atoms with Crippen molar-refractivity contribution in [3.8, 4) is 0 Å². The molecule has 1 nitrogen and oxygen atoms in total. The third-order valence-corrected chi connectivity index (χ3v) is 3.97. The molecule has 13 heavy (non-hydrogen) atoms. The van der Waals surface area contributed by atoms with Crippen molar-refractivity contribution in [2.45, 2.75) is 57.9 Å². The van der Waals surface area contributed by atoms with Gasteiger partial charge >= 0.3 is 0 Å². The second-order valence-electron chi connectivity index (χ2n) is 5.40. The van der Waals surface area contributed by atoms with E-state index in [2.05, 4.69) is 19.2 Å². The van der Waals surface area contributed by atoms with E-state index in [-0.39, 0.29) is 0 Å². The van der Waals surface area contributed by atoms with E-state index in [1.165, 1.54) is 38.5 Å². The molecule has 0 amide bonds. The fourth-order valence-corrected chi connectivity index (χ4v) is 3.70. The molecule has 2 aliphatic rings. The summed E-state index contributed by atoms with van der Waals surface area (Å²) in [5.74, 6) is 2.08. The second-order valence-corrected chi connectivity index (χ2v) is 5.40. The van der Waals surface area contributed by atoms with E-state index in [4.69, 9.17) is 0 Å². The second kappa shape index (κ2) is 3.61. The molecule has 1 heteroatoms. The lowest BCUT2D eigenvalue weighted by Gasteiger charge is -2.46. The Kier molecular flexibility index (Phi) is 2.64. The third kappa shape index (κ3) is 2.07. The van der Waals surface area contributed by atoms with Gasteiger partial charge in [0, 0.05) is 5.54 Å². The average Bonchev–Trinajstić information content (AvgIpc) is 2.02. The van der Waals surface area contributed by atoms with Gasteiger partial charge in [0.1, 0.15) is 0 Å². The molecule has 2 aliphatic carbocycles. The molecule has 2 atom stereocenters. The maximum Gasteiger partial charge on any atom is 0.0158 e. The van der Waals surface area contributed by atoms with Gasteiger partial charge in [-0.3, -0.25) is 0 Å². The highest BCUT2D eigenvalue weighted by Gasteiger charge is 2.38. The summed E-state index contributed by atoms with van der Waals surface area (Å²) in [6.07, 6.45) is 8.88. The van der Waals surface area contributed by atoms with Crippen molar-refractivity contribution < 1.29 is 0 Å². The summed E-state index contributed by atoms with van der Waals surface area (Å²) in [5, 5.41) is 3.69. The van der Waals surface area contributed by atoms with Crippen molar-refractivity contribution in [3.63, 3.8) is 0 Å². The molecule has 2 bridgehead atoms. The van der Waals surface area contributed by atoms with Crippen LogP contribution in [0, 0.1) is 11.8 Å². The first-order valence-corrected chi connectivity index (χ1v) is 5.97. The van der Waals surface area contributed by atoms with Crippen LogP contribution in [0.2, 0.25) is 0 Å². The van der Waals surface area contributed by atoms with E-state index in [9.17, 15) is 0 Å². The zero-order chi connectivity index (χ0) is 9.31. The Balaban J connectivity index is 2.00. The normalized spacial score (nSPS) is 44.8. The van der Waals surface area contributed by atoms with Crippen molar-refractivity contribution in [1.29, 1.82) is 0 Å². The van der Waals surface area contributed by atoms with Gasteiger partial charge in [-0.25, -0.2) is 0 Å². The summed E-state index contributed by atoms with van der Waals surface area (Å²) in [7, 11) is 0. The lowest BCUT2D eigenvalue weighted by molar-refractivity contribution is 0.101. The smallest absolute Gasteiger partial charge is 0.0158 e. The van der Waals surface area contributed by atoms with Gasteiger partial charge < -0.3 is 5.32 Å². The van der Waals surface area contributed by atoms with Crippen molar-refractivity contribution in [1.82, 2.24) is 5.32 Å². The van der Waals surface area contributed by atoms with E-state index in [1.54, 1.807) is 0 Å². The van der Waals surface area contributed by atoms with Gasteiger partial charge in [-0.1, -0.05) is 26.2 Å². The van der Waals surface area contributed by atoms with Gasteiger partial charge in [-0.05, 0) is 44.6 Å². The Labute approximate surface area is 82.3 Å². The first-order valence-electron chi connectivity index (χ1n) is 5.97. The zero-order valence-electron chi connectivity index (χ0n) is 9.10. The maximum atomic E-state index is 3.69. The minimum absolute atomic E-state index is 0.475. The van der Waals surface area contributed by atoms with Crippen molar-refractivity contribution in [3.05, 3.63) is 0 Å². The number of nitrogens with one attached hydrogen (secondary N) is 1. The Morgan fingerprint density at radius 1 is 1.23 bits per heavy atom. The number of fused-ring (bicyclic) bond motifs is 2. The topological polar surface area (TPSA) is 12.0 Å². The molecule has 76 valence electrons. The third-order valence-electron chi connectivity index (χ3n) is 3.97. The minimum Gasteiger partial charge on any atom is -0.312 e. The lowest BCUT2D eigenvalue weighted by atomic mass is 9.65. The van der Waals surface area contributed by atoms with Crippen LogP contribution in [0.5, 0.6) is 0 Å². The van der Waals surface area contributed by atoms with Crippen LogP contribution in [0.3, 0.4) is 0 Å². The van der Waals surface area contributed by atoms with Crippen molar-refractivity contribution >= 4 is 0 Å². The van der Waals surface area contributed by atoms with Crippen LogP contribution in [-0.4, -0.2) is 12.1 Å². The van der Waals surface area contributed by atoms with Crippen molar-refractivity contribution in [2.24, 2.45) is 11.8 Å². The van der Waals surface area contributed by atoms with E-state index in [1.807, 2.05) is 0 Å². The van der Waals surface area contributed by atoms with E-state index >= 15 is 0 Å². The molecular weight excluding hydrogens is 158 g/mol. The molecule has 2 fully saturated rings. The molecule has 0 aromatic heterocycles. The standard InChI is InChI=1S/C12H23N/c1-3-13-12(2)8-10-5-4-6-11(7-10)9-12/h10-11,13H,3-9H2,1-2H3. The predicted octanol–water partition coefficient (Wildman–Crippen LogP) is 2.95. The fraction of sp³-hybridized carbons (Fsp3) is 1.00. The SMILES string of the molecule is CCNC1(C)CC2CCCC(C2)C1. The molecule has 1 N–H and O–H groups in total. The van der Waals surface area contributed by atoms with Crippen LogP contribution in [-0.2, 0) is 0 Å². The Morgan fingerprint density at radius 3 is 2.38 bits per heavy atom. The molecular formula is C12H23N. The lowest BCUT2D eigenvalue weighted by Crippen LogP contribution is -2.49. The van der Waals surface area contributed by atoms with E-state index < -0.39 is 0 Å². The van der Waals surface area contributed by atoms with Gasteiger partial charge in [0.25, 0.3) is 0 Å². The molecule has 0 aromatic rings. The molecule has 0 saturated heterocycles. The Bertz CT molecular complexity index is 164. The van der Waals surface area contributed by atoms with Crippen LogP contribution >= 0.6 is 0 Å². The number of hydrogen-bond acceptors (Lipinski definition) is 1. The van der Waals surface area contributed by atoms with E-state index in [0.29, 0.717) is 5.54 Å². The summed E-state index contributed by atoms with van der Waals surface area (Å²) in [5.41, 5.74) is 0.475. The first kappa shape index (κ1) is 9.51. The van der Waals surface area contributed by atoms with Gasteiger partial charge in [-0.2, -0.15) is 0 Å². The highest BCUT2D eigenvalue weighted by atomic mass is 15.0. The molecule has 0 heterocycles. The van der Waals surface area contributed by atoms with Gasteiger partial charge in [-0.15, -0.1) is 0 Å². The summed E-state index contributed by atoms with van der Waals surface area (Å²) in [6.45, 7) is 5.80. The van der Waals surface area contributed by atoms with Crippen molar-refractivity contribution in [2.75, 3.05) is 6.54 Å². The van der Waals surface area contributed by atoms with E-state index in [0.717, 1.165) is 18.4 Å². The summed E-state index contributed by atoms with van der Waals surface area (Å²) < 4.78 is 0. The van der Waals surface area contributed by atoms with Crippen LogP contribution in [0.25, 0.3) is 0 Å². The predicted molar refractivity (Wildman–Crippen MR) is 56.8 cm³/mol. The molecule has 2 rings (SSSR count). The van der Waals surface area contributed by atoms with Crippen LogP contribution in [0.15, 0.2) is 0 Å². The molecule has 2 saturated carbocycles. The van der Waals surface area contributed by atoms with Crippen LogP contribution < -0.4 is 5.32 Å². The highest BCUT2D eigenvalue weighted by Crippen LogP contribution is 2.44.